The molecule has 1 saturated carbocycles. The van der Waals surface area contributed by atoms with Crippen molar-refractivity contribution in [1.29, 1.82) is 0 Å². The largest absolute Gasteiger partial charge is 0.497 e. The Balaban J connectivity index is 1.72. The lowest BCUT2D eigenvalue weighted by Gasteiger charge is -2.20. The number of hydrogen-bond donors (Lipinski definition) is 1. The highest BCUT2D eigenvalue weighted by atomic mass is 16.5. The maximum atomic E-state index is 12.6. The van der Waals surface area contributed by atoms with Gasteiger partial charge in [-0.15, -0.1) is 0 Å². The minimum Gasteiger partial charge on any atom is -0.497 e. The Morgan fingerprint density at radius 1 is 1.04 bits per heavy atom. The minimum absolute atomic E-state index is 0.125. The number of methoxy groups -OCH3 is 1. The third-order valence-corrected chi connectivity index (χ3v) is 5.17. The van der Waals surface area contributed by atoms with E-state index in [4.69, 9.17) is 4.74 Å². The number of ether oxygens (including phenoxy) is 1. The molecule has 0 aromatic heterocycles. The van der Waals surface area contributed by atoms with E-state index in [1.54, 1.807) is 7.11 Å². The van der Waals surface area contributed by atoms with E-state index >= 15 is 0 Å². The van der Waals surface area contributed by atoms with Gasteiger partial charge >= 0.3 is 0 Å². The molecular weight excluding hydrogens is 298 g/mol. The molecule has 3 heteroatoms. The first-order chi connectivity index (χ1) is 11.7. The van der Waals surface area contributed by atoms with Crippen LogP contribution in [0.4, 0.5) is 0 Å². The van der Waals surface area contributed by atoms with Crippen molar-refractivity contribution in [2.75, 3.05) is 7.11 Å². The van der Waals surface area contributed by atoms with Crippen LogP contribution in [0.5, 0.6) is 5.75 Å². The number of amides is 1. The Bertz CT molecular complexity index is 702. The van der Waals surface area contributed by atoms with Gasteiger partial charge in [-0.05, 0) is 48.2 Å². The number of fused-ring (bicyclic) bond motifs is 1. The maximum Gasteiger partial charge on any atom is 0.227 e. The number of nitrogens with one attached hydrogen (secondary N) is 1. The zero-order valence-corrected chi connectivity index (χ0v) is 14.7. The second-order valence-corrected chi connectivity index (χ2v) is 6.89. The summed E-state index contributed by atoms with van der Waals surface area (Å²) in [5.74, 6) is 0.879. The van der Waals surface area contributed by atoms with E-state index in [0.29, 0.717) is 6.04 Å². The maximum absolute atomic E-state index is 12.6. The Labute approximate surface area is 144 Å². The first kappa shape index (κ1) is 16.8. The molecule has 0 spiro atoms. The smallest absolute Gasteiger partial charge is 0.227 e. The molecule has 2 aromatic carbocycles. The minimum atomic E-state index is -0.125. The van der Waals surface area contributed by atoms with Gasteiger partial charge < -0.3 is 10.1 Å². The predicted molar refractivity (Wildman–Crippen MR) is 98.5 cm³/mol. The standard InChI is InChI=1S/C21H27NO2/c1-15(21(23)22-19-7-5-3-4-6-8-19)16-9-10-18-14-20(24-2)12-11-17(18)13-16/h9-15,19H,3-8H2,1-2H3,(H,22,23)/t15-/m1/s1. The molecule has 1 aliphatic rings. The SMILES string of the molecule is COc1ccc2cc([C@@H](C)C(=O)NC3CCCCCC3)ccc2c1. The van der Waals surface area contributed by atoms with Crippen LogP contribution in [0, 0.1) is 0 Å². The Hall–Kier alpha value is -2.03. The molecule has 0 radical (unpaired) electrons. The van der Waals surface area contributed by atoms with Gasteiger partial charge in [-0.3, -0.25) is 4.79 Å². The summed E-state index contributed by atoms with van der Waals surface area (Å²) >= 11 is 0. The highest BCUT2D eigenvalue weighted by Crippen LogP contribution is 2.26. The molecular formula is C21H27NO2. The van der Waals surface area contributed by atoms with E-state index in [0.717, 1.165) is 34.9 Å². The predicted octanol–water partition coefficient (Wildman–Crippen LogP) is 4.79. The first-order valence-electron chi connectivity index (χ1n) is 9.05. The van der Waals surface area contributed by atoms with Crippen LogP contribution in [0.15, 0.2) is 36.4 Å². The van der Waals surface area contributed by atoms with Crippen molar-refractivity contribution in [2.24, 2.45) is 0 Å². The molecule has 1 fully saturated rings. The van der Waals surface area contributed by atoms with Crippen molar-refractivity contribution in [1.82, 2.24) is 5.32 Å². The molecule has 1 aliphatic carbocycles. The van der Waals surface area contributed by atoms with Gasteiger partial charge in [0.15, 0.2) is 0 Å². The quantitative estimate of drug-likeness (QED) is 0.821. The zero-order valence-electron chi connectivity index (χ0n) is 14.7. The summed E-state index contributed by atoms with van der Waals surface area (Å²) in [6, 6.07) is 12.6. The number of carbonyl (C=O) groups excluding carboxylic acids is 1. The highest BCUT2D eigenvalue weighted by Gasteiger charge is 2.20. The van der Waals surface area contributed by atoms with Crippen LogP contribution in [0.3, 0.4) is 0 Å². The van der Waals surface area contributed by atoms with Crippen molar-refractivity contribution in [3.05, 3.63) is 42.0 Å². The molecule has 128 valence electrons. The molecule has 1 N–H and O–H groups in total. The van der Waals surface area contributed by atoms with Crippen molar-refractivity contribution in [3.63, 3.8) is 0 Å². The van der Waals surface area contributed by atoms with Crippen molar-refractivity contribution < 1.29 is 9.53 Å². The fraction of sp³-hybridized carbons (Fsp3) is 0.476. The van der Waals surface area contributed by atoms with E-state index in [2.05, 4.69) is 23.5 Å². The number of benzene rings is 2. The molecule has 0 aliphatic heterocycles. The Morgan fingerprint density at radius 3 is 2.42 bits per heavy atom. The molecule has 1 amide bonds. The number of rotatable bonds is 4. The normalized spacial score (nSPS) is 17.2. The van der Waals surface area contributed by atoms with Gasteiger partial charge in [0.05, 0.1) is 13.0 Å². The topological polar surface area (TPSA) is 38.3 Å². The van der Waals surface area contributed by atoms with Crippen molar-refractivity contribution in [2.45, 2.75) is 57.4 Å². The third-order valence-electron chi connectivity index (χ3n) is 5.17. The highest BCUT2D eigenvalue weighted by molar-refractivity contribution is 5.88. The van der Waals surface area contributed by atoms with Crippen LogP contribution >= 0.6 is 0 Å². The summed E-state index contributed by atoms with van der Waals surface area (Å²) in [5.41, 5.74) is 1.07. The van der Waals surface area contributed by atoms with E-state index in [9.17, 15) is 4.79 Å². The van der Waals surface area contributed by atoms with E-state index in [1.165, 1.54) is 25.7 Å². The lowest BCUT2D eigenvalue weighted by molar-refractivity contribution is -0.123. The average Bonchev–Trinajstić information content (AvgIpc) is 2.88. The summed E-state index contributed by atoms with van der Waals surface area (Å²) in [7, 11) is 1.68. The first-order valence-corrected chi connectivity index (χ1v) is 9.05. The summed E-state index contributed by atoms with van der Waals surface area (Å²) in [5, 5.41) is 5.54. The fourth-order valence-electron chi connectivity index (χ4n) is 3.54. The molecule has 0 saturated heterocycles. The molecule has 0 unspecified atom stereocenters. The van der Waals surface area contributed by atoms with Crippen LogP contribution in [0.25, 0.3) is 10.8 Å². The summed E-state index contributed by atoms with van der Waals surface area (Å²) < 4.78 is 5.27. The lowest BCUT2D eigenvalue weighted by Crippen LogP contribution is -2.37. The lowest BCUT2D eigenvalue weighted by atomic mass is 9.96. The van der Waals surface area contributed by atoms with Crippen LogP contribution in [-0.4, -0.2) is 19.1 Å². The molecule has 3 nitrogen and oxygen atoms in total. The summed E-state index contributed by atoms with van der Waals surface area (Å²) in [6.45, 7) is 2.00. The van der Waals surface area contributed by atoms with Crippen LogP contribution in [-0.2, 0) is 4.79 Å². The average molecular weight is 325 g/mol. The van der Waals surface area contributed by atoms with Crippen molar-refractivity contribution in [3.8, 4) is 5.75 Å². The second kappa shape index (κ2) is 7.69. The van der Waals surface area contributed by atoms with Gasteiger partial charge in [-0.25, -0.2) is 0 Å². The van der Waals surface area contributed by atoms with Gasteiger partial charge in [0.2, 0.25) is 5.91 Å². The van der Waals surface area contributed by atoms with Crippen LogP contribution < -0.4 is 10.1 Å². The molecule has 2 aromatic rings. The third kappa shape index (κ3) is 3.89. The van der Waals surface area contributed by atoms with E-state index < -0.39 is 0 Å². The number of hydrogen-bond acceptors (Lipinski definition) is 2. The molecule has 1 atom stereocenters. The Kier molecular flexibility index (Phi) is 5.39. The summed E-state index contributed by atoms with van der Waals surface area (Å²) in [6.07, 6.45) is 7.31. The fourth-order valence-corrected chi connectivity index (χ4v) is 3.54. The number of carbonyl (C=O) groups is 1. The van der Waals surface area contributed by atoms with E-state index in [-0.39, 0.29) is 11.8 Å². The van der Waals surface area contributed by atoms with Crippen LogP contribution in [0.1, 0.15) is 56.9 Å². The van der Waals surface area contributed by atoms with E-state index in [1.807, 2.05) is 25.1 Å². The van der Waals surface area contributed by atoms with Gasteiger partial charge in [0.1, 0.15) is 5.75 Å². The molecule has 0 heterocycles. The molecule has 0 bridgehead atoms. The van der Waals surface area contributed by atoms with Crippen LogP contribution in [0.2, 0.25) is 0 Å². The second-order valence-electron chi connectivity index (χ2n) is 6.89. The molecule has 3 rings (SSSR count). The Morgan fingerprint density at radius 2 is 1.71 bits per heavy atom. The monoisotopic (exact) mass is 325 g/mol. The molecule has 24 heavy (non-hydrogen) atoms. The summed E-state index contributed by atoms with van der Waals surface area (Å²) in [4.78, 5) is 12.6. The van der Waals surface area contributed by atoms with Gasteiger partial charge in [0.25, 0.3) is 0 Å². The van der Waals surface area contributed by atoms with Gasteiger partial charge in [-0.2, -0.15) is 0 Å². The van der Waals surface area contributed by atoms with Crippen molar-refractivity contribution >= 4 is 16.7 Å². The zero-order chi connectivity index (χ0) is 16.9. The van der Waals surface area contributed by atoms with Gasteiger partial charge in [0, 0.05) is 6.04 Å². The van der Waals surface area contributed by atoms with Gasteiger partial charge in [-0.1, -0.05) is 49.9 Å².